The Morgan fingerprint density at radius 2 is 2.06 bits per heavy atom. The number of rotatable bonds is 4. The molecule has 1 N–H and O–H groups in total. The molecule has 0 unspecified atom stereocenters. The number of hydrogen-bond donors (Lipinski definition) is 1. The molecule has 0 radical (unpaired) electrons. The first-order valence-corrected chi connectivity index (χ1v) is 6.72. The fourth-order valence-electron chi connectivity index (χ4n) is 2.46. The Hall–Kier alpha value is -0.570. The molecule has 1 saturated carbocycles. The molecule has 0 aromatic heterocycles. The van der Waals surface area contributed by atoms with Gasteiger partial charge in [-0.1, -0.05) is 20.3 Å². The molecule has 92 valence electrons. The highest BCUT2D eigenvalue weighted by Crippen LogP contribution is 2.28. The van der Waals surface area contributed by atoms with Crippen LogP contribution in [0.15, 0.2) is 0 Å². The maximum atomic E-state index is 12.4. The third kappa shape index (κ3) is 2.97. The van der Waals surface area contributed by atoms with Crippen LogP contribution in [-0.2, 0) is 4.79 Å². The Bertz CT molecular complexity index is 242. The number of hydrogen-bond acceptors (Lipinski definition) is 2. The van der Waals surface area contributed by atoms with E-state index in [2.05, 4.69) is 24.1 Å². The Morgan fingerprint density at radius 1 is 1.31 bits per heavy atom. The van der Waals surface area contributed by atoms with E-state index in [9.17, 15) is 4.79 Å². The average Bonchev–Trinajstić information content (AvgIpc) is 3.10. The molecule has 2 aliphatic rings. The maximum Gasteiger partial charge on any atom is 0.239 e. The summed E-state index contributed by atoms with van der Waals surface area (Å²) in [6.45, 7) is 6.33. The molecular weight excluding hydrogens is 200 g/mol. The minimum Gasteiger partial charge on any atom is -0.338 e. The standard InChI is InChI=1S/C13H24N2O/c1-10(2)9-15(11-6-7-11)13(16)12-5-3-4-8-14-12/h10-12,14H,3-9H2,1-2H3/t12-/m0/s1. The van der Waals surface area contributed by atoms with Crippen molar-refractivity contribution in [1.82, 2.24) is 10.2 Å². The molecule has 0 spiro atoms. The van der Waals surface area contributed by atoms with E-state index in [1.54, 1.807) is 0 Å². The van der Waals surface area contributed by atoms with Gasteiger partial charge in [-0.05, 0) is 38.1 Å². The van der Waals surface area contributed by atoms with Gasteiger partial charge in [0.2, 0.25) is 5.91 Å². The van der Waals surface area contributed by atoms with Crippen LogP contribution in [0, 0.1) is 5.92 Å². The molecule has 0 aromatic carbocycles. The van der Waals surface area contributed by atoms with E-state index in [0.29, 0.717) is 17.9 Å². The summed E-state index contributed by atoms with van der Waals surface area (Å²) in [6.07, 6.45) is 5.87. The van der Waals surface area contributed by atoms with Crippen LogP contribution in [0.1, 0.15) is 46.0 Å². The van der Waals surface area contributed by atoms with E-state index >= 15 is 0 Å². The van der Waals surface area contributed by atoms with Crippen LogP contribution in [0.3, 0.4) is 0 Å². The molecular formula is C13H24N2O. The van der Waals surface area contributed by atoms with Crippen LogP contribution in [0.5, 0.6) is 0 Å². The lowest BCUT2D eigenvalue weighted by Gasteiger charge is -2.31. The highest BCUT2D eigenvalue weighted by molar-refractivity contribution is 5.82. The summed E-state index contributed by atoms with van der Waals surface area (Å²) in [7, 11) is 0. The molecule has 0 bridgehead atoms. The van der Waals surface area contributed by atoms with E-state index in [1.807, 2.05) is 0 Å². The third-order valence-corrected chi connectivity index (χ3v) is 3.44. The molecule has 2 rings (SSSR count). The second-order valence-electron chi connectivity index (χ2n) is 5.62. The van der Waals surface area contributed by atoms with Crippen molar-refractivity contribution in [2.45, 2.75) is 58.0 Å². The summed E-state index contributed by atoms with van der Waals surface area (Å²) in [5, 5.41) is 3.36. The predicted molar refractivity (Wildman–Crippen MR) is 65.2 cm³/mol. The molecule has 1 aliphatic carbocycles. The third-order valence-electron chi connectivity index (χ3n) is 3.44. The Kier molecular flexibility index (Phi) is 3.85. The monoisotopic (exact) mass is 224 g/mol. The van der Waals surface area contributed by atoms with Crippen molar-refractivity contribution in [3.63, 3.8) is 0 Å². The van der Waals surface area contributed by atoms with E-state index in [4.69, 9.17) is 0 Å². The van der Waals surface area contributed by atoms with Crippen LogP contribution >= 0.6 is 0 Å². The molecule has 16 heavy (non-hydrogen) atoms. The first-order chi connectivity index (χ1) is 7.68. The van der Waals surface area contributed by atoms with Gasteiger partial charge >= 0.3 is 0 Å². The SMILES string of the molecule is CC(C)CN(C(=O)[C@@H]1CCCCN1)C1CC1. The van der Waals surface area contributed by atoms with Gasteiger partial charge in [0.05, 0.1) is 6.04 Å². The van der Waals surface area contributed by atoms with Crippen molar-refractivity contribution < 1.29 is 4.79 Å². The lowest BCUT2D eigenvalue weighted by Crippen LogP contribution is -2.50. The lowest BCUT2D eigenvalue weighted by atomic mass is 10.0. The van der Waals surface area contributed by atoms with Crippen molar-refractivity contribution >= 4 is 5.91 Å². The van der Waals surface area contributed by atoms with E-state index in [1.165, 1.54) is 25.7 Å². The molecule has 3 nitrogen and oxygen atoms in total. The molecule has 1 aliphatic heterocycles. The molecule has 3 heteroatoms. The summed E-state index contributed by atoms with van der Waals surface area (Å²) >= 11 is 0. The van der Waals surface area contributed by atoms with E-state index in [-0.39, 0.29) is 6.04 Å². The second-order valence-corrected chi connectivity index (χ2v) is 5.62. The molecule has 2 fully saturated rings. The van der Waals surface area contributed by atoms with Gasteiger partial charge in [0.1, 0.15) is 0 Å². The van der Waals surface area contributed by atoms with Gasteiger partial charge < -0.3 is 10.2 Å². The predicted octanol–water partition coefficient (Wildman–Crippen LogP) is 1.78. The van der Waals surface area contributed by atoms with Gasteiger partial charge in [0, 0.05) is 12.6 Å². The molecule has 1 saturated heterocycles. The second kappa shape index (κ2) is 5.17. The summed E-state index contributed by atoms with van der Waals surface area (Å²) in [6, 6.07) is 0.659. The zero-order valence-electron chi connectivity index (χ0n) is 10.5. The average molecular weight is 224 g/mol. The van der Waals surface area contributed by atoms with Crippen molar-refractivity contribution in [1.29, 1.82) is 0 Å². The Balaban J connectivity index is 1.92. The van der Waals surface area contributed by atoms with Gasteiger partial charge in [-0.3, -0.25) is 4.79 Å². The topological polar surface area (TPSA) is 32.3 Å². The van der Waals surface area contributed by atoms with Gasteiger partial charge in [-0.2, -0.15) is 0 Å². The zero-order chi connectivity index (χ0) is 11.5. The van der Waals surface area contributed by atoms with Crippen molar-refractivity contribution in [2.75, 3.05) is 13.1 Å². The van der Waals surface area contributed by atoms with Gasteiger partial charge in [0.15, 0.2) is 0 Å². The smallest absolute Gasteiger partial charge is 0.239 e. The van der Waals surface area contributed by atoms with Crippen LogP contribution in [0.2, 0.25) is 0 Å². The minimum absolute atomic E-state index is 0.105. The number of carbonyl (C=O) groups is 1. The lowest BCUT2D eigenvalue weighted by molar-refractivity contribution is -0.135. The van der Waals surface area contributed by atoms with Crippen LogP contribution in [0.25, 0.3) is 0 Å². The molecule has 1 amide bonds. The van der Waals surface area contributed by atoms with Gasteiger partial charge in [0.25, 0.3) is 0 Å². The fraction of sp³-hybridized carbons (Fsp3) is 0.923. The maximum absolute atomic E-state index is 12.4. The highest BCUT2D eigenvalue weighted by Gasteiger charge is 2.36. The number of nitrogens with one attached hydrogen (secondary N) is 1. The fourth-order valence-corrected chi connectivity index (χ4v) is 2.46. The molecule has 0 aromatic rings. The van der Waals surface area contributed by atoms with Crippen LogP contribution in [-0.4, -0.2) is 36.0 Å². The van der Waals surface area contributed by atoms with Crippen LogP contribution in [0.4, 0.5) is 0 Å². The van der Waals surface area contributed by atoms with Crippen molar-refractivity contribution in [3.8, 4) is 0 Å². The zero-order valence-corrected chi connectivity index (χ0v) is 10.5. The molecule has 1 atom stereocenters. The highest BCUT2D eigenvalue weighted by atomic mass is 16.2. The number of piperidine rings is 1. The Morgan fingerprint density at radius 3 is 2.56 bits per heavy atom. The van der Waals surface area contributed by atoms with Gasteiger partial charge in [-0.25, -0.2) is 0 Å². The minimum atomic E-state index is 0.105. The largest absolute Gasteiger partial charge is 0.338 e. The normalized spacial score (nSPS) is 25.8. The number of carbonyl (C=O) groups excluding carboxylic acids is 1. The summed E-state index contributed by atoms with van der Waals surface area (Å²) in [5.74, 6) is 0.934. The quantitative estimate of drug-likeness (QED) is 0.789. The number of amides is 1. The van der Waals surface area contributed by atoms with Crippen LogP contribution < -0.4 is 5.32 Å². The van der Waals surface area contributed by atoms with E-state index < -0.39 is 0 Å². The summed E-state index contributed by atoms with van der Waals surface area (Å²) < 4.78 is 0. The summed E-state index contributed by atoms with van der Waals surface area (Å²) in [5.41, 5.74) is 0. The molecule has 1 heterocycles. The number of nitrogens with zero attached hydrogens (tertiary/aromatic N) is 1. The summed E-state index contributed by atoms with van der Waals surface area (Å²) in [4.78, 5) is 14.5. The Labute approximate surface area is 98.6 Å². The van der Waals surface area contributed by atoms with Gasteiger partial charge in [-0.15, -0.1) is 0 Å². The van der Waals surface area contributed by atoms with Crippen molar-refractivity contribution in [3.05, 3.63) is 0 Å². The first kappa shape index (κ1) is 11.9. The van der Waals surface area contributed by atoms with E-state index in [0.717, 1.165) is 19.5 Å². The first-order valence-electron chi connectivity index (χ1n) is 6.72. The van der Waals surface area contributed by atoms with Crippen molar-refractivity contribution in [2.24, 2.45) is 5.92 Å².